The highest BCUT2D eigenvalue weighted by atomic mass is 16.2. The quantitative estimate of drug-likeness (QED) is 0.806. The molecule has 1 saturated heterocycles. The maximum atomic E-state index is 12.9. The zero-order valence-corrected chi connectivity index (χ0v) is 13.0. The lowest BCUT2D eigenvalue weighted by Crippen LogP contribution is -2.32. The minimum atomic E-state index is 0.0911. The molecule has 1 aliphatic carbocycles. The van der Waals surface area contributed by atoms with Crippen LogP contribution in [0.5, 0.6) is 0 Å². The molecule has 0 spiro atoms. The molecule has 1 saturated carbocycles. The highest BCUT2D eigenvalue weighted by molar-refractivity contribution is 6.01. The summed E-state index contributed by atoms with van der Waals surface area (Å²) in [6.45, 7) is 9.88. The van der Waals surface area contributed by atoms with Crippen molar-refractivity contribution in [2.24, 2.45) is 11.3 Å². The Hall–Kier alpha value is -1.91. The molecule has 0 radical (unpaired) electrons. The molecule has 5 heteroatoms. The number of hydrogen-bond acceptors (Lipinski definition) is 3. The molecular formula is C16H20N4O. The molecule has 1 amide bonds. The predicted octanol–water partition coefficient (Wildman–Crippen LogP) is 2.14. The summed E-state index contributed by atoms with van der Waals surface area (Å²) in [5.74, 6) is 0.786. The first kappa shape index (κ1) is 12.8. The van der Waals surface area contributed by atoms with E-state index in [0.717, 1.165) is 30.2 Å². The molecule has 5 nitrogen and oxygen atoms in total. The van der Waals surface area contributed by atoms with Crippen LogP contribution < -0.4 is 0 Å². The monoisotopic (exact) mass is 284 g/mol. The Balaban J connectivity index is 1.79. The van der Waals surface area contributed by atoms with Crippen molar-refractivity contribution in [2.45, 2.75) is 34.1 Å². The number of nitrogens with zero attached hydrogens (tertiary/aromatic N) is 4. The summed E-state index contributed by atoms with van der Waals surface area (Å²) in [4.78, 5) is 19.4. The van der Waals surface area contributed by atoms with Gasteiger partial charge in [-0.05, 0) is 44.6 Å². The minimum Gasteiger partial charge on any atom is -0.338 e. The lowest BCUT2D eigenvalue weighted by Gasteiger charge is -2.19. The Morgan fingerprint density at radius 1 is 1.38 bits per heavy atom. The first-order valence-electron chi connectivity index (χ1n) is 7.52. The van der Waals surface area contributed by atoms with Gasteiger partial charge in [0.1, 0.15) is 5.56 Å². The Bertz CT molecular complexity index is 778. The van der Waals surface area contributed by atoms with Gasteiger partial charge in [0.2, 0.25) is 0 Å². The number of piperidine rings is 1. The molecule has 1 aliphatic heterocycles. The van der Waals surface area contributed by atoms with E-state index in [0.29, 0.717) is 22.5 Å². The third-order valence-electron chi connectivity index (χ3n) is 5.10. The van der Waals surface area contributed by atoms with Crippen LogP contribution in [0.3, 0.4) is 0 Å². The summed E-state index contributed by atoms with van der Waals surface area (Å²) >= 11 is 0. The van der Waals surface area contributed by atoms with Crippen molar-refractivity contribution < 1.29 is 4.79 Å². The van der Waals surface area contributed by atoms with Gasteiger partial charge in [-0.2, -0.15) is 5.10 Å². The topological polar surface area (TPSA) is 50.5 Å². The molecule has 21 heavy (non-hydrogen) atoms. The lowest BCUT2D eigenvalue weighted by atomic mass is 10.1. The standard InChI is InChI=1S/C16H20N4O/c1-9-5-10(2)20-14(17-9)13(11(3)18-20)15(21)19-7-12-6-16(12,4)8-19/h5,12H,6-8H2,1-4H3. The minimum absolute atomic E-state index is 0.0911. The third kappa shape index (κ3) is 1.73. The molecule has 2 unspecified atom stereocenters. The largest absolute Gasteiger partial charge is 0.338 e. The van der Waals surface area contributed by atoms with Gasteiger partial charge in [-0.1, -0.05) is 6.92 Å². The van der Waals surface area contributed by atoms with Crippen LogP contribution >= 0.6 is 0 Å². The molecule has 2 fully saturated rings. The van der Waals surface area contributed by atoms with Gasteiger partial charge in [-0.25, -0.2) is 9.50 Å². The second kappa shape index (κ2) is 3.84. The average Bonchev–Trinajstić information content (AvgIpc) is 2.75. The Kier molecular flexibility index (Phi) is 2.34. The average molecular weight is 284 g/mol. The van der Waals surface area contributed by atoms with Gasteiger partial charge in [0.05, 0.1) is 5.69 Å². The number of amides is 1. The predicted molar refractivity (Wildman–Crippen MR) is 79.3 cm³/mol. The number of fused-ring (bicyclic) bond motifs is 2. The molecule has 2 aromatic heterocycles. The summed E-state index contributed by atoms with van der Waals surface area (Å²) in [6.07, 6.45) is 1.26. The number of carbonyl (C=O) groups is 1. The van der Waals surface area contributed by atoms with E-state index in [1.54, 1.807) is 4.52 Å². The number of aromatic nitrogens is 3. The van der Waals surface area contributed by atoms with Crippen LogP contribution in [-0.4, -0.2) is 38.5 Å². The van der Waals surface area contributed by atoms with Crippen LogP contribution in [0.1, 0.15) is 40.8 Å². The van der Waals surface area contributed by atoms with Gasteiger partial charge in [0, 0.05) is 24.5 Å². The molecule has 4 rings (SSSR count). The van der Waals surface area contributed by atoms with E-state index in [4.69, 9.17) is 0 Å². The van der Waals surface area contributed by atoms with Crippen molar-refractivity contribution in [1.82, 2.24) is 19.5 Å². The van der Waals surface area contributed by atoms with E-state index in [1.807, 2.05) is 31.7 Å². The maximum absolute atomic E-state index is 12.9. The van der Waals surface area contributed by atoms with E-state index < -0.39 is 0 Å². The molecule has 2 aliphatic rings. The van der Waals surface area contributed by atoms with Crippen molar-refractivity contribution in [1.29, 1.82) is 0 Å². The summed E-state index contributed by atoms with van der Waals surface area (Å²) < 4.78 is 1.79. The molecule has 0 aromatic carbocycles. The molecule has 0 bridgehead atoms. The first-order valence-corrected chi connectivity index (χ1v) is 7.52. The Labute approximate surface area is 124 Å². The van der Waals surface area contributed by atoms with Crippen molar-refractivity contribution >= 4 is 11.6 Å². The van der Waals surface area contributed by atoms with E-state index in [2.05, 4.69) is 17.0 Å². The van der Waals surface area contributed by atoms with E-state index in [1.165, 1.54) is 6.42 Å². The molecular weight excluding hydrogens is 264 g/mol. The highest BCUT2D eigenvalue weighted by Gasteiger charge is 2.57. The SMILES string of the molecule is Cc1cc(C)n2nc(C)c(C(=O)N3CC4CC4(C)C3)c2n1. The molecule has 2 atom stereocenters. The molecule has 3 heterocycles. The number of hydrogen-bond donors (Lipinski definition) is 0. The fourth-order valence-corrected chi connectivity index (χ4v) is 3.74. The van der Waals surface area contributed by atoms with Crippen molar-refractivity contribution in [3.63, 3.8) is 0 Å². The van der Waals surface area contributed by atoms with Crippen LogP contribution in [0, 0.1) is 32.1 Å². The summed E-state index contributed by atoms with van der Waals surface area (Å²) in [5.41, 5.74) is 4.44. The Morgan fingerprint density at radius 3 is 2.81 bits per heavy atom. The van der Waals surface area contributed by atoms with Crippen molar-refractivity contribution in [3.8, 4) is 0 Å². The zero-order valence-electron chi connectivity index (χ0n) is 13.0. The Morgan fingerprint density at radius 2 is 2.14 bits per heavy atom. The van der Waals surface area contributed by atoms with Gasteiger partial charge >= 0.3 is 0 Å². The first-order chi connectivity index (χ1) is 9.89. The zero-order chi connectivity index (χ0) is 14.9. The second-order valence-corrected chi connectivity index (χ2v) is 6.98. The number of rotatable bonds is 1. The van der Waals surface area contributed by atoms with Crippen molar-refractivity contribution in [3.05, 3.63) is 28.7 Å². The van der Waals surface area contributed by atoms with Crippen molar-refractivity contribution in [2.75, 3.05) is 13.1 Å². The van der Waals surface area contributed by atoms with E-state index in [-0.39, 0.29) is 5.91 Å². The van der Waals surface area contributed by atoms with Crippen LogP contribution in [-0.2, 0) is 0 Å². The number of carbonyl (C=O) groups excluding carboxylic acids is 1. The van der Waals surface area contributed by atoms with Gasteiger partial charge < -0.3 is 4.90 Å². The second-order valence-electron chi connectivity index (χ2n) is 6.98. The summed E-state index contributed by atoms with van der Waals surface area (Å²) in [5, 5.41) is 4.50. The van der Waals surface area contributed by atoms with Gasteiger partial charge in [-0.15, -0.1) is 0 Å². The summed E-state index contributed by atoms with van der Waals surface area (Å²) in [6, 6.07) is 1.99. The van der Waals surface area contributed by atoms with Crippen LogP contribution in [0.25, 0.3) is 5.65 Å². The molecule has 2 aromatic rings. The van der Waals surface area contributed by atoms with Gasteiger partial charge in [-0.3, -0.25) is 4.79 Å². The van der Waals surface area contributed by atoms with Crippen LogP contribution in [0.2, 0.25) is 0 Å². The fraction of sp³-hybridized carbons (Fsp3) is 0.562. The lowest BCUT2D eigenvalue weighted by molar-refractivity contribution is 0.0767. The normalized spacial score (nSPS) is 27.2. The molecule has 110 valence electrons. The number of likely N-dealkylation sites (tertiary alicyclic amines) is 1. The van der Waals surface area contributed by atoms with Gasteiger partial charge in [0.15, 0.2) is 5.65 Å². The smallest absolute Gasteiger partial charge is 0.259 e. The third-order valence-corrected chi connectivity index (χ3v) is 5.10. The van der Waals surface area contributed by atoms with Gasteiger partial charge in [0.25, 0.3) is 5.91 Å². The van der Waals surface area contributed by atoms with Crippen LogP contribution in [0.4, 0.5) is 0 Å². The summed E-state index contributed by atoms with van der Waals surface area (Å²) in [7, 11) is 0. The molecule has 0 N–H and O–H groups in total. The van der Waals surface area contributed by atoms with Crippen LogP contribution in [0.15, 0.2) is 6.07 Å². The van der Waals surface area contributed by atoms with E-state index in [9.17, 15) is 4.79 Å². The maximum Gasteiger partial charge on any atom is 0.259 e. The highest BCUT2D eigenvalue weighted by Crippen LogP contribution is 2.57. The number of aryl methyl sites for hydroxylation is 3. The fourth-order valence-electron chi connectivity index (χ4n) is 3.74. The van der Waals surface area contributed by atoms with E-state index >= 15 is 0 Å².